The standard InChI is InChI=1S/C11H15ClIN/c1-9(6-12)7-14-8-10-2-4-11(13)5-3-10/h2-5,9,14H,6-8H2,1H3. The predicted octanol–water partition coefficient (Wildman–Crippen LogP) is 3.26. The summed E-state index contributed by atoms with van der Waals surface area (Å²) >= 11 is 8.03. The Balaban J connectivity index is 2.28. The van der Waals surface area contributed by atoms with Crippen LogP contribution in [0.3, 0.4) is 0 Å². The largest absolute Gasteiger partial charge is 0.312 e. The normalized spacial score (nSPS) is 12.8. The molecule has 0 aliphatic rings. The van der Waals surface area contributed by atoms with Gasteiger partial charge in [-0.25, -0.2) is 0 Å². The van der Waals surface area contributed by atoms with Gasteiger partial charge in [-0.3, -0.25) is 0 Å². The van der Waals surface area contributed by atoms with Crippen molar-refractivity contribution in [1.82, 2.24) is 5.32 Å². The van der Waals surface area contributed by atoms with E-state index < -0.39 is 0 Å². The van der Waals surface area contributed by atoms with Crippen molar-refractivity contribution in [3.63, 3.8) is 0 Å². The number of halogens is 2. The predicted molar refractivity (Wildman–Crippen MR) is 70.7 cm³/mol. The molecule has 1 rings (SSSR count). The number of rotatable bonds is 5. The maximum Gasteiger partial charge on any atom is 0.0261 e. The molecule has 1 nitrogen and oxygen atoms in total. The van der Waals surface area contributed by atoms with Crippen molar-refractivity contribution in [2.75, 3.05) is 12.4 Å². The van der Waals surface area contributed by atoms with Gasteiger partial charge in [0.25, 0.3) is 0 Å². The number of hydrogen-bond donors (Lipinski definition) is 1. The topological polar surface area (TPSA) is 12.0 Å². The lowest BCUT2D eigenvalue weighted by atomic mass is 10.2. The molecule has 0 radical (unpaired) electrons. The number of nitrogens with one attached hydrogen (secondary N) is 1. The van der Waals surface area contributed by atoms with Crippen molar-refractivity contribution < 1.29 is 0 Å². The van der Waals surface area contributed by atoms with Crippen LogP contribution in [0.5, 0.6) is 0 Å². The smallest absolute Gasteiger partial charge is 0.0261 e. The monoisotopic (exact) mass is 323 g/mol. The molecule has 0 bridgehead atoms. The third-order valence-electron chi connectivity index (χ3n) is 2.00. The second kappa shape index (κ2) is 6.64. The Morgan fingerprint density at radius 3 is 2.57 bits per heavy atom. The average Bonchev–Trinajstić information content (AvgIpc) is 2.21. The zero-order valence-corrected chi connectivity index (χ0v) is 11.2. The van der Waals surface area contributed by atoms with Crippen molar-refractivity contribution >= 4 is 34.2 Å². The van der Waals surface area contributed by atoms with Crippen LogP contribution in [0, 0.1) is 9.49 Å². The minimum atomic E-state index is 0.542. The first kappa shape index (κ1) is 12.3. The lowest BCUT2D eigenvalue weighted by molar-refractivity contribution is 0.557. The molecule has 1 unspecified atom stereocenters. The van der Waals surface area contributed by atoms with E-state index in [9.17, 15) is 0 Å². The van der Waals surface area contributed by atoms with Crippen LogP contribution in [0.15, 0.2) is 24.3 Å². The highest BCUT2D eigenvalue weighted by Gasteiger charge is 1.98. The van der Waals surface area contributed by atoms with Crippen molar-refractivity contribution in [2.24, 2.45) is 5.92 Å². The summed E-state index contributed by atoms with van der Waals surface area (Å²) < 4.78 is 1.28. The van der Waals surface area contributed by atoms with Crippen LogP contribution in [0.2, 0.25) is 0 Å². The van der Waals surface area contributed by atoms with Gasteiger partial charge in [-0.1, -0.05) is 19.1 Å². The third kappa shape index (κ3) is 4.62. The molecule has 0 saturated carbocycles. The van der Waals surface area contributed by atoms with Crippen molar-refractivity contribution in [3.05, 3.63) is 33.4 Å². The molecule has 0 aromatic heterocycles. The van der Waals surface area contributed by atoms with Crippen LogP contribution in [0.4, 0.5) is 0 Å². The van der Waals surface area contributed by atoms with Gasteiger partial charge < -0.3 is 5.32 Å². The molecule has 1 N–H and O–H groups in total. The fraction of sp³-hybridized carbons (Fsp3) is 0.455. The number of alkyl halides is 1. The Kier molecular flexibility index (Phi) is 5.82. The first-order chi connectivity index (χ1) is 6.72. The van der Waals surface area contributed by atoms with Crippen LogP contribution in [0.1, 0.15) is 12.5 Å². The number of benzene rings is 1. The molecule has 0 aliphatic heterocycles. The van der Waals surface area contributed by atoms with Crippen LogP contribution in [-0.4, -0.2) is 12.4 Å². The molecule has 1 aromatic carbocycles. The minimum absolute atomic E-state index is 0.542. The van der Waals surface area contributed by atoms with E-state index in [0.717, 1.165) is 19.0 Å². The Bertz CT molecular complexity index is 260. The zero-order chi connectivity index (χ0) is 10.4. The van der Waals surface area contributed by atoms with E-state index in [0.29, 0.717) is 5.92 Å². The van der Waals surface area contributed by atoms with Crippen molar-refractivity contribution in [2.45, 2.75) is 13.5 Å². The summed E-state index contributed by atoms with van der Waals surface area (Å²) in [4.78, 5) is 0. The van der Waals surface area contributed by atoms with E-state index in [1.807, 2.05) is 0 Å². The summed E-state index contributed by atoms with van der Waals surface area (Å²) in [6, 6.07) is 8.56. The second-order valence-electron chi connectivity index (χ2n) is 3.52. The van der Waals surface area contributed by atoms with E-state index in [-0.39, 0.29) is 0 Å². The molecule has 1 aromatic rings. The van der Waals surface area contributed by atoms with Gasteiger partial charge in [0.05, 0.1) is 0 Å². The van der Waals surface area contributed by atoms with Gasteiger partial charge in [-0.2, -0.15) is 0 Å². The molecular weight excluding hydrogens is 308 g/mol. The van der Waals surface area contributed by atoms with Crippen LogP contribution in [-0.2, 0) is 6.54 Å². The van der Waals surface area contributed by atoms with Crippen LogP contribution in [0.25, 0.3) is 0 Å². The summed E-state index contributed by atoms with van der Waals surface area (Å²) in [5, 5.41) is 3.38. The zero-order valence-electron chi connectivity index (χ0n) is 8.26. The highest BCUT2D eigenvalue weighted by Crippen LogP contribution is 2.06. The van der Waals surface area contributed by atoms with Crippen molar-refractivity contribution in [1.29, 1.82) is 0 Å². The highest BCUT2D eigenvalue weighted by molar-refractivity contribution is 14.1. The lowest BCUT2D eigenvalue weighted by Crippen LogP contribution is -2.21. The Morgan fingerprint density at radius 1 is 1.36 bits per heavy atom. The summed E-state index contributed by atoms with van der Waals surface area (Å²) in [6.07, 6.45) is 0. The summed E-state index contributed by atoms with van der Waals surface area (Å²) in [7, 11) is 0. The van der Waals surface area contributed by atoms with E-state index in [4.69, 9.17) is 11.6 Å². The van der Waals surface area contributed by atoms with Gasteiger partial charge >= 0.3 is 0 Å². The van der Waals surface area contributed by atoms with E-state index in [2.05, 4.69) is 59.1 Å². The van der Waals surface area contributed by atoms with Crippen LogP contribution < -0.4 is 5.32 Å². The molecule has 3 heteroatoms. The van der Waals surface area contributed by atoms with Gasteiger partial charge in [-0.15, -0.1) is 11.6 Å². The molecule has 78 valence electrons. The summed E-state index contributed by atoms with van der Waals surface area (Å²) in [5.74, 6) is 1.26. The Morgan fingerprint density at radius 2 is 2.00 bits per heavy atom. The van der Waals surface area contributed by atoms with E-state index in [1.165, 1.54) is 9.13 Å². The van der Waals surface area contributed by atoms with Gasteiger partial charge in [-0.05, 0) is 52.7 Å². The maximum absolute atomic E-state index is 5.71. The molecule has 0 heterocycles. The number of hydrogen-bond acceptors (Lipinski definition) is 1. The molecule has 1 atom stereocenters. The van der Waals surface area contributed by atoms with E-state index in [1.54, 1.807) is 0 Å². The molecule has 0 aliphatic carbocycles. The fourth-order valence-electron chi connectivity index (χ4n) is 1.12. The Labute approximate surface area is 104 Å². The Hall–Kier alpha value is 0.200. The first-order valence-electron chi connectivity index (χ1n) is 4.73. The van der Waals surface area contributed by atoms with Gasteiger partial charge in [0, 0.05) is 16.0 Å². The summed E-state index contributed by atoms with van der Waals surface area (Å²) in [5.41, 5.74) is 1.33. The molecule has 14 heavy (non-hydrogen) atoms. The maximum atomic E-state index is 5.71. The van der Waals surface area contributed by atoms with Gasteiger partial charge in [0.15, 0.2) is 0 Å². The highest BCUT2D eigenvalue weighted by atomic mass is 127. The summed E-state index contributed by atoms with van der Waals surface area (Å²) in [6.45, 7) is 4.06. The van der Waals surface area contributed by atoms with Gasteiger partial charge in [0.1, 0.15) is 0 Å². The lowest BCUT2D eigenvalue weighted by Gasteiger charge is -2.09. The SMILES string of the molecule is CC(CCl)CNCc1ccc(I)cc1. The molecule has 0 amide bonds. The van der Waals surface area contributed by atoms with E-state index >= 15 is 0 Å². The minimum Gasteiger partial charge on any atom is -0.312 e. The fourth-order valence-corrected chi connectivity index (χ4v) is 1.59. The van der Waals surface area contributed by atoms with Crippen molar-refractivity contribution in [3.8, 4) is 0 Å². The van der Waals surface area contributed by atoms with Gasteiger partial charge in [0.2, 0.25) is 0 Å². The third-order valence-corrected chi connectivity index (χ3v) is 3.24. The van der Waals surface area contributed by atoms with Crippen LogP contribution >= 0.6 is 34.2 Å². The molecule has 0 saturated heterocycles. The second-order valence-corrected chi connectivity index (χ2v) is 5.07. The molecule has 0 spiro atoms. The average molecular weight is 324 g/mol. The molecular formula is C11H15ClIN. The first-order valence-corrected chi connectivity index (χ1v) is 6.35. The quantitative estimate of drug-likeness (QED) is 0.648. The molecule has 0 fully saturated rings.